The predicted molar refractivity (Wildman–Crippen MR) is 131 cm³/mol. The second-order valence-electron chi connectivity index (χ2n) is 8.85. The number of benzene rings is 1. The lowest BCUT2D eigenvalue weighted by molar-refractivity contribution is -0.129. The van der Waals surface area contributed by atoms with Gasteiger partial charge in [0, 0.05) is 63.5 Å². The Morgan fingerprint density at radius 1 is 1.21 bits per heavy atom. The number of amides is 2. The number of piperazine rings is 1. The van der Waals surface area contributed by atoms with Crippen molar-refractivity contribution in [3.8, 4) is 0 Å². The molecule has 3 heterocycles. The fourth-order valence-electron chi connectivity index (χ4n) is 4.78. The number of fused-ring (bicyclic) bond motifs is 1. The summed E-state index contributed by atoms with van der Waals surface area (Å²) < 4.78 is 5.38. The van der Waals surface area contributed by atoms with Gasteiger partial charge in [-0.05, 0) is 37.2 Å². The zero-order valence-electron chi connectivity index (χ0n) is 18.9. The van der Waals surface area contributed by atoms with Crippen molar-refractivity contribution in [1.82, 2.24) is 25.8 Å². The van der Waals surface area contributed by atoms with Gasteiger partial charge < -0.3 is 26.0 Å². The summed E-state index contributed by atoms with van der Waals surface area (Å²) in [5.74, 6) is 0.0599. The molecule has 0 spiro atoms. The maximum Gasteiger partial charge on any atom is 0.237 e. The highest BCUT2D eigenvalue weighted by Gasteiger charge is 2.43. The zero-order valence-corrected chi connectivity index (χ0v) is 19.7. The van der Waals surface area contributed by atoms with Crippen molar-refractivity contribution in [3.63, 3.8) is 0 Å². The van der Waals surface area contributed by atoms with Gasteiger partial charge >= 0.3 is 0 Å². The first-order valence-electron chi connectivity index (χ1n) is 11.8. The van der Waals surface area contributed by atoms with Crippen LogP contribution in [0.4, 0.5) is 5.69 Å². The van der Waals surface area contributed by atoms with Crippen molar-refractivity contribution < 1.29 is 14.3 Å². The lowest BCUT2D eigenvalue weighted by Crippen LogP contribution is -2.58. The standard InChI is InChI=1S/C23H34N6O3S/c30-21(26-17-4-2-1-3-5-17)7-6-19-15-25-22(31)20-14-18(16-29(19)20)27-23(33)24-8-9-28-10-12-32-13-11-28/h1-5,18-20H,6-16H2,(H,25,31)(H,26,30)(H2,24,27,33)/t18-,19+,20-/m0/s1. The van der Waals surface area contributed by atoms with Gasteiger partial charge in [0.15, 0.2) is 5.11 Å². The Balaban J connectivity index is 1.21. The maximum absolute atomic E-state index is 12.5. The average molecular weight is 475 g/mol. The summed E-state index contributed by atoms with van der Waals surface area (Å²) in [5.41, 5.74) is 0.803. The van der Waals surface area contributed by atoms with Crippen LogP contribution in [0.5, 0.6) is 0 Å². The molecule has 0 radical (unpaired) electrons. The number of ether oxygens (including phenoxy) is 1. The molecular formula is C23H34N6O3S. The van der Waals surface area contributed by atoms with E-state index in [1.807, 2.05) is 30.3 Å². The van der Waals surface area contributed by atoms with E-state index in [2.05, 4.69) is 31.1 Å². The molecule has 1 aromatic carbocycles. The molecular weight excluding hydrogens is 440 g/mol. The zero-order chi connectivity index (χ0) is 23.0. The molecule has 0 bridgehead atoms. The summed E-state index contributed by atoms with van der Waals surface area (Å²) in [5, 5.41) is 13.3. The van der Waals surface area contributed by atoms with E-state index < -0.39 is 0 Å². The number of nitrogens with zero attached hydrogens (tertiary/aromatic N) is 2. The molecule has 4 rings (SSSR count). The predicted octanol–water partition coefficient (Wildman–Crippen LogP) is 0.143. The number of rotatable bonds is 8. The van der Waals surface area contributed by atoms with Crippen LogP contribution in [0, 0.1) is 0 Å². The summed E-state index contributed by atoms with van der Waals surface area (Å²) in [6, 6.07) is 9.56. The fraction of sp³-hybridized carbons (Fsp3) is 0.609. The van der Waals surface area contributed by atoms with Crippen molar-refractivity contribution in [2.45, 2.75) is 37.4 Å². The third kappa shape index (κ3) is 6.86. The number of para-hydroxylation sites is 1. The molecule has 10 heteroatoms. The molecule has 3 fully saturated rings. The topological polar surface area (TPSA) is 98.0 Å². The molecule has 0 aliphatic carbocycles. The van der Waals surface area contributed by atoms with Gasteiger partial charge in [0.05, 0.1) is 19.3 Å². The highest BCUT2D eigenvalue weighted by atomic mass is 32.1. The second kappa shape index (κ2) is 11.7. The van der Waals surface area contributed by atoms with Crippen molar-refractivity contribution in [1.29, 1.82) is 0 Å². The van der Waals surface area contributed by atoms with Crippen LogP contribution in [-0.4, -0.2) is 97.3 Å². The molecule has 3 aliphatic heterocycles. The van der Waals surface area contributed by atoms with E-state index >= 15 is 0 Å². The van der Waals surface area contributed by atoms with Crippen LogP contribution >= 0.6 is 12.2 Å². The minimum Gasteiger partial charge on any atom is -0.379 e. The Kier molecular flexibility index (Phi) is 8.49. The van der Waals surface area contributed by atoms with Crippen molar-refractivity contribution in [2.24, 2.45) is 0 Å². The smallest absolute Gasteiger partial charge is 0.237 e. The van der Waals surface area contributed by atoms with Crippen molar-refractivity contribution in [3.05, 3.63) is 30.3 Å². The first kappa shape index (κ1) is 23.9. The number of nitrogens with one attached hydrogen (secondary N) is 4. The summed E-state index contributed by atoms with van der Waals surface area (Å²) >= 11 is 5.49. The van der Waals surface area contributed by atoms with Gasteiger partial charge in [-0.25, -0.2) is 0 Å². The average Bonchev–Trinajstić information content (AvgIpc) is 3.24. The van der Waals surface area contributed by atoms with E-state index in [0.29, 0.717) is 30.9 Å². The SMILES string of the molecule is O=C(CC[C@@H]1CNC(=O)[C@@H]2C[C@H](NC(=S)NCCN3CCOCC3)CN12)Nc1ccccc1. The quantitative estimate of drug-likeness (QED) is 0.395. The Labute approximate surface area is 200 Å². The van der Waals surface area contributed by atoms with E-state index in [9.17, 15) is 9.59 Å². The van der Waals surface area contributed by atoms with Crippen LogP contribution in [-0.2, 0) is 14.3 Å². The molecule has 4 N–H and O–H groups in total. The van der Waals surface area contributed by atoms with E-state index in [1.165, 1.54) is 0 Å². The number of carbonyl (C=O) groups is 2. The Morgan fingerprint density at radius 2 is 2.00 bits per heavy atom. The van der Waals surface area contributed by atoms with E-state index in [0.717, 1.165) is 51.6 Å². The second-order valence-corrected chi connectivity index (χ2v) is 9.26. The Morgan fingerprint density at radius 3 is 2.79 bits per heavy atom. The molecule has 1 aromatic rings. The van der Waals surface area contributed by atoms with E-state index in [1.54, 1.807) is 0 Å². The number of anilines is 1. The van der Waals surface area contributed by atoms with Gasteiger partial charge in [-0.15, -0.1) is 0 Å². The van der Waals surface area contributed by atoms with E-state index in [4.69, 9.17) is 17.0 Å². The number of hydrogen-bond acceptors (Lipinski definition) is 6. The Hall–Kier alpha value is -2.27. The minimum absolute atomic E-state index is 0.00540. The van der Waals surface area contributed by atoms with Crippen LogP contribution in [0.2, 0.25) is 0 Å². The van der Waals surface area contributed by atoms with Crippen LogP contribution in [0.1, 0.15) is 19.3 Å². The summed E-state index contributed by atoms with van der Waals surface area (Å²) in [4.78, 5) is 29.4. The maximum atomic E-state index is 12.5. The van der Waals surface area contributed by atoms with Gasteiger partial charge in [0.25, 0.3) is 0 Å². The first-order valence-corrected chi connectivity index (χ1v) is 12.2. The molecule has 0 unspecified atom stereocenters. The molecule has 3 atom stereocenters. The molecule has 33 heavy (non-hydrogen) atoms. The molecule has 0 saturated carbocycles. The highest BCUT2D eigenvalue weighted by Crippen LogP contribution is 2.26. The molecule has 9 nitrogen and oxygen atoms in total. The number of thiocarbonyl (C=S) groups is 1. The van der Waals surface area contributed by atoms with Crippen LogP contribution in [0.25, 0.3) is 0 Å². The first-order chi connectivity index (χ1) is 16.1. The number of carbonyl (C=O) groups excluding carboxylic acids is 2. The lowest BCUT2D eigenvalue weighted by atomic mass is 10.0. The van der Waals surface area contributed by atoms with Crippen LogP contribution in [0.15, 0.2) is 30.3 Å². The summed E-state index contributed by atoms with van der Waals surface area (Å²) in [6.45, 7) is 6.53. The number of hydrogen-bond donors (Lipinski definition) is 4. The third-order valence-corrected chi connectivity index (χ3v) is 6.80. The monoisotopic (exact) mass is 474 g/mol. The molecule has 3 aliphatic rings. The van der Waals surface area contributed by atoms with Gasteiger partial charge in [-0.1, -0.05) is 18.2 Å². The van der Waals surface area contributed by atoms with Crippen LogP contribution in [0.3, 0.4) is 0 Å². The minimum atomic E-state index is -0.172. The molecule has 180 valence electrons. The molecule has 3 saturated heterocycles. The van der Waals surface area contributed by atoms with Gasteiger partial charge in [0.1, 0.15) is 0 Å². The molecule has 0 aromatic heterocycles. The van der Waals surface area contributed by atoms with Gasteiger partial charge in [0.2, 0.25) is 11.8 Å². The van der Waals surface area contributed by atoms with Crippen molar-refractivity contribution >= 4 is 34.8 Å². The molecule has 2 amide bonds. The number of morpholine rings is 1. The highest BCUT2D eigenvalue weighted by molar-refractivity contribution is 7.80. The van der Waals surface area contributed by atoms with Gasteiger partial charge in [-0.2, -0.15) is 0 Å². The summed E-state index contributed by atoms with van der Waals surface area (Å²) in [7, 11) is 0. The van der Waals surface area contributed by atoms with Crippen molar-refractivity contribution in [2.75, 3.05) is 57.8 Å². The van der Waals surface area contributed by atoms with Crippen LogP contribution < -0.4 is 21.3 Å². The summed E-state index contributed by atoms with van der Waals surface area (Å²) in [6.07, 6.45) is 1.83. The fourth-order valence-corrected chi connectivity index (χ4v) is 5.05. The normalized spacial score (nSPS) is 25.7. The van der Waals surface area contributed by atoms with E-state index in [-0.39, 0.29) is 29.9 Å². The Bertz CT molecular complexity index is 820. The van der Waals surface area contributed by atoms with Gasteiger partial charge in [-0.3, -0.25) is 19.4 Å². The largest absolute Gasteiger partial charge is 0.379 e. The third-order valence-electron chi connectivity index (χ3n) is 6.54. The lowest BCUT2D eigenvalue weighted by Gasteiger charge is -2.37.